The zero-order valence-electron chi connectivity index (χ0n) is 21.9. The van der Waals surface area contributed by atoms with Gasteiger partial charge in [0.2, 0.25) is 17.7 Å². The Bertz CT molecular complexity index is 1360. The van der Waals surface area contributed by atoms with Crippen LogP contribution in [0.2, 0.25) is 0 Å². The van der Waals surface area contributed by atoms with Gasteiger partial charge in [-0.1, -0.05) is 18.2 Å². The highest BCUT2D eigenvalue weighted by Crippen LogP contribution is 2.70. The first-order valence-corrected chi connectivity index (χ1v) is 13.8. The fourth-order valence-electron chi connectivity index (χ4n) is 7.70. The van der Waals surface area contributed by atoms with E-state index in [1.165, 1.54) is 17.7 Å². The first-order chi connectivity index (χ1) is 18.4. The van der Waals surface area contributed by atoms with Gasteiger partial charge in [0, 0.05) is 33.6 Å². The standard InChI is InChI=1S/C29H33N5O4/c1-17-30-31-24(38-17)16-32(2)26(35)18-5-4-12-33(14-18)23-7-3-6-21-25(23)28(37)34(27(21)36)15-19-13-20-8-9-22(19)29(20)10-11-29/h3,6-9,18-20,22H,4-5,10-16H2,1-2H3/t18-,19+,20+,22+/m1/s1. The summed E-state index contributed by atoms with van der Waals surface area (Å²) in [6.07, 6.45) is 9.94. The van der Waals surface area contributed by atoms with E-state index in [0.29, 0.717) is 59.2 Å². The zero-order valence-corrected chi connectivity index (χ0v) is 21.9. The van der Waals surface area contributed by atoms with Crippen LogP contribution in [-0.4, -0.2) is 64.4 Å². The van der Waals surface area contributed by atoms with Crippen molar-refractivity contribution in [3.05, 3.63) is 53.3 Å². The summed E-state index contributed by atoms with van der Waals surface area (Å²) >= 11 is 0. The minimum Gasteiger partial charge on any atom is -0.424 e. The topological polar surface area (TPSA) is 99.9 Å². The first-order valence-electron chi connectivity index (χ1n) is 13.8. The molecule has 0 N–H and O–H groups in total. The van der Waals surface area contributed by atoms with E-state index in [0.717, 1.165) is 31.5 Å². The van der Waals surface area contributed by atoms with Crippen molar-refractivity contribution in [2.45, 2.75) is 45.6 Å². The van der Waals surface area contributed by atoms with Crippen molar-refractivity contribution in [2.24, 2.45) is 29.1 Å². The number of piperidine rings is 1. The second-order valence-corrected chi connectivity index (χ2v) is 11.9. The van der Waals surface area contributed by atoms with Crippen LogP contribution in [0.3, 0.4) is 0 Å². The highest BCUT2D eigenvalue weighted by atomic mass is 16.4. The summed E-state index contributed by atoms with van der Waals surface area (Å²) in [6.45, 7) is 3.73. The number of hydrogen-bond acceptors (Lipinski definition) is 7. The Kier molecular flexibility index (Phi) is 5.29. The number of carbonyl (C=O) groups excluding carboxylic acids is 3. The molecule has 2 aliphatic heterocycles. The number of fused-ring (bicyclic) bond motifs is 1. The molecule has 1 saturated heterocycles. The molecule has 7 rings (SSSR count). The molecular weight excluding hydrogens is 482 g/mol. The molecule has 3 aliphatic carbocycles. The maximum atomic E-state index is 13.7. The van der Waals surface area contributed by atoms with E-state index in [1.807, 2.05) is 12.1 Å². The van der Waals surface area contributed by atoms with Gasteiger partial charge in [-0.2, -0.15) is 0 Å². The van der Waals surface area contributed by atoms with Gasteiger partial charge in [-0.05, 0) is 67.4 Å². The third-order valence-corrected chi connectivity index (χ3v) is 9.67. The Labute approximate surface area is 221 Å². The lowest BCUT2D eigenvalue weighted by atomic mass is 9.88. The quantitative estimate of drug-likeness (QED) is 0.429. The van der Waals surface area contributed by atoms with Crippen LogP contribution < -0.4 is 4.90 Å². The van der Waals surface area contributed by atoms with Gasteiger partial charge in [0.05, 0.1) is 29.3 Å². The summed E-state index contributed by atoms with van der Waals surface area (Å²) in [4.78, 5) is 45.7. The summed E-state index contributed by atoms with van der Waals surface area (Å²) in [5, 5.41) is 7.84. The van der Waals surface area contributed by atoms with Gasteiger partial charge in [0.25, 0.3) is 11.8 Å². The molecule has 3 amide bonds. The van der Waals surface area contributed by atoms with Crippen LogP contribution >= 0.6 is 0 Å². The molecule has 9 nitrogen and oxygen atoms in total. The summed E-state index contributed by atoms with van der Waals surface area (Å²) < 4.78 is 5.44. The molecule has 5 aliphatic rings. The molecule has 3 heterocycles. The first kappa shape index (κ1) is 23.6. The Morgan fingerprint density at radius 1 is 1.18 bits per heavy atom. The molecule has 2 aromatic rings. The number of imide groups is 1. The average Bonchev–Trinajstić information content (AvgIpc) is 3.31. The van der Waals surface area contributed by atoms with E-state index in [1.54, 1.807) is 24.9 Å². The molecule has 4 atom stereocenters. The Balaban J connectivity index is 1.08. The fraction of sp³-hybridized carbons (Fsp3) is 0.552. The van der Waals surface area contributed by atoms with E-state index >= 15 is 0 Å². The Morgan fingerprint density at radius 3 is 2.76 bits per heavy atom. The molecule has 38 heavy (non-hydrogen) atoms. The number of aryl methyl sites for hydroxylation is 1. The molecule has 0 unspecified atom stereocenters. The Morgan fingerprint density at radius 2 is 2.03 bits per heavy atom. The summed E-state index contributed by atoms with van der Waals surface area (Å²) in [6, 6.07) is 5.55. The monoisotopic (exact) mass is 515 g/mol. The lowest BCUT2D eigenvalue weighted by Crippen LogP contribution is -2.44. The van der Waals surface area contributed by atoms with E-state index in [2.05, 4.69) is 27.2 Å². The highest BCUT2D eigenvalue weighted by Gasteiger charge is 2.63. The van der Waals surface area contributed by atoms with Gasteiger partial charge in [-0.25, -0.2) is 0 Å². The summed E-state index contributed by atoms with van der Waals surface area (Å²) in [7, 11) is 1.75. The fourth-order valence-corrected chi connectivity index (χ4v) is 7.70. The SMILES string of the molecule is Cc1nnc(CN(C)C(=O)[C@@H]2CCCN(c3cccc4c3C(=O)N(C[C@@H]3C[C@@H]5C=C[C@@H]3C53CC3)C4=O)C2)o1. The molecular formula is C29H33N5O4. The van der Waals surface area contributed by atoms with Crippen LogP contribution in [-0.2, 0) is 11.3 Å². The predicted molar refractivity (Wildman–Crippen MR) is 138 cm³/mol. The van der Waals surface area contributed by atoms with Gasteiger partial charge in [-0.3, -0.25) is 19.3 Å². The third-order valence-electron chi connectivity index (χ3n) is 9.67. The minimum absolute atomic E-state index is 0.0144. The predicted octanol–water partition coefficient (Wildman–Crippen LogP) is 3.45. The van der Waals surface area contributed by atoms with Gasteiger partial charge in [0.1, 0.15) is 0 Å². The molecule has 1 spiro atoms. The largest absolute Gasteiger partial charge is 0.424 e. The van der Waals surface area contributed by atoms with Crippen LogP contribution in [0.15, 0.2) is 34.8 Å². The number of amides is 3. The number of hydrogen-bond donors (Lipinski definition) is 0. The Hall–Kier alpha value is -3.49. The van der Waals surface area contributed by atoms with Gasteiger partial charge in [0.15, 0.2) is 0 Å². The van der Waals surface area contributed by atoms with Crippen LogP contribution in [0.4, 0.5) is 5.69 Å². The number of rotatable bonds is 6. The number of allylic oxidation sites excluding steroid dienone is 2. The van der Waals surface area contributed by atoms with E-state index < -0.39 is 0 Å². The smallest absolute Gasteiger partial charge is 0.263 e. The zero-order chi connectivity index (χ0) is 26.2. The molecule has 198 valence electrons. The number of aromatic nitrogens is 2. The highest BCUT2D eigenvalue weighted by molar-refractivity contribution is 6.23. The molecule has 2 saturated carbocycles. The number of carbonyl (C=O) groups is 3. The normalized spacial score (nSPS) is 28.5. The summed E-state index contributed by atoms with van der Waals surface area (Å²) in [5.41, 5.74) is 2.19. The van der Waals surface area contributed by atoms with E-state index in [9.17, 15) is 14.4 Å². The minimum atomic E-state index is -0.215. The van der Waals surface area contributed by atoms with E-state index in [4.69, 9.17) is 4.42 Å². The molecule has 2 bridgehead atoms. The van der Waals surface area contributed by atoms with Crippen molar-refractivity contribution >= 4 is 23.4 Å². The van der Waals surface area contributed by atoms with Crippen molar-refractivity contribution in [3.8, 4) is 0 Å². The molecule has 1 aromatic heterocycles. The number of benzene rings is 1. The molecule has 9 heteroatoms. The lowest BCUT2D eigenvalue weighted by Gasteiger charge is -2.36. The average molecular weight is 516 g/mol. The second-order valence-electron chi connectivity index (χ2n) is 11.9. The maximum absolute atomic E-state index is 13.7. The van der Waals surface area contributed by atoms with Gasteiger partial charge >= 0.3 is 0 Å². The van der Waals surface area contributed by atoms with Crippen molar-refractivity contribution in [3.63, 3.8) is 0 Å². The van der Waals surface area contributed by atoms with Crippen LogP contribution in [0.1, 0.15) is 64.6 Å². The number of anilines is 1. The van der Waals surface area contributed by atoms with Gasteiger partial charge < -0.3 is 14.2 Å². The lowest BCUT2D eigenvalue weighted by molar-refractivity contribution is -0.135. The molecule has 0 radical (unpaired) electrons. The van der Waals surface area contributed by atoms with Crippen molar-refractivity contribution < 1.29 is 18.8 Å². The van der Waals surface area contributed by atoms with E-state index in [-0.39, 0.29) is 30.2 Å². The maximum Gasteiger partial charge on any atom is 0.263 e. The van der Waals surface area contributed by atoms with Gasteiger partial charge in [-0.15, -0.1) is 10.2 Å². The molecule has 3 fully saturated rings. The van der Waals surface area contributed by atoms with Crippen molar-refractivity contribution in [1.29, 1.82) is 0 Å². The van der Waals surface area contributed by atoms with Crippen LogP contribution in [0.5, 0.6) is 0 Å². The van der Waals surface area contributed by atoms with Crippen LogP contribution in [0.25, 0.3) is 0 Å². The van der Waals surface area contributed by atoms with Crippen molar-refractivity contribution in [1.82, 2.24) is 20.0 Å². The second kappa shape index (κ2) is 8.51. The number of nitrogens with zero attached hydrogens (tertiary/aromatic N) is 5. The van der Waals surface area contributed by atoms with Crippen LogP contribution in [0, 0.1) is 36.0 Å². The van der Waals surface area contributed by atoms with Crippen molar-refractivity contribution in [2.75, 3.05) is 31.6 Å². The summed E-state index contributed by atoms with van der Waals surface area (Å²) in [5.74, 6) is 1.79. The molecule has 1 aromatic carbocycles. The third kappa shape index (κ3) is 3.54.